The van der Waals surface area contributed by atoms with Gasteiger partial charge in [-0.05, 0) is 16.9 Å². The second-order valence-electron chi connectivity index (χ2n) is 3.98. The lowest BCUT2D eigenvalue weighted by Crippen LogP contribution is -2.15. The van der Waals surface area contributed by atoms with Gasteiger partial charge in [0.05, 0.1) is 6.10 Å². The van der Waals surface area contributed by atoms with Crippen LogP contribution in [0.5, 0.6) is 0 Å². The molecule has 0 aliphatic carbocycles. The van der Waals surface area contributed by atoms with Crippen molar-refractivity contribution >= 4 is 11.8 Å². The molecular weight excluding hydrogens is 230 g/mol. The first kappa shape index (κ1) is 13.5. The lowest BCUT2D eigenvalue weighted by Gasteiger charge is -2.12. The van der Waals surface area contributed by atoms with E-state index in [0.717, 1.165) is 6.07 Å². The molecule has 0 aliphatic heterocycles. The molecule has 1 N–H and O–H groups in total. The van der Waals surface area contributed by atoms with Crippen molar-refractivity contribution in [3.63, 3.8) is 0 Å². The van der Waals surface area contributed by atoms with E-state index in [0.29, 0.717) is 16.6 Å². The van der Waals surface area contributed by atoms with E-state index >= 15 is 0 Å². The Morgan fingerprint density at radius 3 is 2.56 bits per heavy atom. The first-order chi connectivity index (χ1) is 7.49. The van der Waals surface area contributed by atoms with Gasteiger partial charge >= 0.3 is 0 Å². The van der Waals surface area contributed by atoms with Crippen LogP contribution in [-0.2, 0) is 6.42 Å². The van der Waals surface area contributed by atoms with Crippen LogP contribution in [0, 0.1) is 11.6 Å². The maximum atomic E-state index is 13.3. The van der Waals surface area contributed by atoms with E-state index in [1.165, 1.54) is 12.1 Å². The van der Waals surface area contributed by atoms with E-state index in [9.17, 15) is 13.9 Å². The molecule has 1 unspecified atom stereocenters. The zero-order valence-electron chi connectivity index (χ0n) is 9.41. The summed E-state index contributed by atoms with van der Waals surface area (Å²) in [5.41, 5.74) is 0.359. The third-order valence-corrected chi connectivity index (χ3v) is 3.34. The second-order valence-corrected chi connectivity index (χ2v) is 5.59. The molecule has 0 heterocycles. The van der Waals surface area contributed by atoms with Gasteiger partial charge in [-0.3, -0.25) is 0 Å². The summed E-state index contributed by atoms with van der Waals surface area (Å²) in [6.07, 6.45) is -0.362. The normalized spacial score (nSPS) is 13.1. The number of aliphatic hydroxyl groups excluding tert-OH is 1. The van der Waals surface area contributed by atoms with Crippen LogP contribution in [0.15, 0.2) is 18.2 Å². The third-order valence-electron chi connectivity index (χ3n) is 2.09. The Morgan fingerprint density at radius 1 is 1.31 bits per heavy atom. The van der Waals surface area contributed by atoms with Gasteiger partial charge in [0.2, 0.25) is 0 Å². The largest absolute Gasteiger partial charge is 0.392 e. The van der Waals surface area contributed by atoms with Crippen LogP contribution >= 0.6 is 11.8 Å². The van der Waals surface area contributed by atoms with E-state index in [4.69, 9.17) is 0 Å². The van der Waals surface area contributed by atoms with Crippen molar-refractivity contribution in [1.29, 1.82) is 0 Å². The molecule has 90 valence electrons. The summed E-state index contributed by atoms with van der Waals surface area (Å²) in [5.74, 6) is -0.616. The first-order valence-corrected chi connectivity index (χ1v) is 6.27. The molecule has 0 aliphatic rings. The van der Waals surface area contributed by atoms with Crippen LogP contribution in [0.25, 0.3) is 0 Å². The molecule has 1 atom stereocenters. The predicted molar refractivity (Wildman–Crippen MR) is 63.7 cm³/mol. The number of benzene rings is 1. The van der Waals surface area contributed by atoms with Crippen LogP contribution < -0.4 is 0 Å². The van der Waals surface area contributed by atoms with E-state index in [1.807, 2.05) is 13.8 Å². The Hall–Kier alpha value is -0.610. The highest BCUT2D eigenvalue weighted by molar-refractivity contribution is 7.99. The minimum atomic E-state index is -0.590. The maximum absolute atomic E-state index is 13.3. The van der Waals surface area contributed by atoms with E-state index in [2.05, 4.69) is 0 Å². The van der Waals surface area contributed by atoms with Crippen LogP contribution in [0.3, 0.4) is 0 Å². The molecule has 1 nitrogen and oxygen atoms in total. The van der Waals surface area contributed by atoms with Gasteiger partial charge in [0.15, 0.2) is 0 Å². The molecule has 1 aromatic rings. The molecule has 16 heavy (non-hydrogen) atoms. The smallest absolute Gasteiger partial charge is 0.129 e. The lowest BCUT2D eigenvalue weighted by molar-refractivity contribution is 0.198. The van der Waals surface area contributed by atoms with Crippen molar-refractivity contribution in [2.75, 3.05) is 5.75 Å². The Labute approximate surface area is 98.9 Å². The van der Waals surface area contributed by atoms with Gasteiger partial charge in [-0.1, -0.05) is 19.9 Å². The van der Waals surface area contributed by atoms with Gasteiger partial charge < -0.3 is 5.11 Å². The maximum Gasteiger partial charge on any atom is 0.129 e. The molecular formula is C12H16F2OS. The summed E-state index contributed by atoms with van der Waals surface area (Å²) >= 11 is 1.62. The molecule has 0 aromatic heterocycles. The van der Waals surface area contributed by atoms with Gasteiger partial charge in [0.1, 0.15) is 11.6 Å². The Bertz CT molecular complexity index is 342. The fourth-order valence-electron chi connectivity index (χ4n) is 1.30. The lowest BCUT2D eigenvalue weighted by atomic mass is 10.1. The van der Waals surface area contributed by atoms with Crippen molar-refractivity contribution < 1.29 is 13.9 Å². The van der Waals surface area contributed by atoms with E-state index < -0.39 is 17.7 Å². The molecule has 0 spiro atoms. The molecule has 0 amide bonds. The summed E-state index contributed by atoms with van der Waals surface area (Å²) in [4.78, 5) is 0. The van der Waals surface area contributed by atoms with Gasteiger partial charge in [0.25, 0.3) is 0 Å². The van der Waals surface area contributed by atoms with E-state index in [-0.39, 0.29) is 6.42 Å². The van der Waals surface area contributed by atoms with Gasteiger partial charge in [0, 0.05) is 18.2 Å². The minimum Gasteiger partial charge on any atom is -0.392 e. The minimum absolute atomic E-state index is 0.228. The number of thioether (sulfide) groups is 1. The van der Waals surface area contributed by atoms with Gasteiger partial charge in [-0.15, -0.1) is 0 Å². The molecule has 0 bridgehead atoms. The zero-order valence-corrected chi connectivity index (χ0v) is 10.2. The fraction of sp³-hybridized carbons (Fsp3) is 0.500. The average molecular weight is 246 g/mol. The van der Waals surface area contributed by atoms with Crippen LogP contribution in [-0.4, -0.2) is 22.2 Å². The monoisotopic (exact) mass is 246 g/mol. The van der Waals surface area contributed by atoms with Gasteiger partial charge in [-0.2, -0.15) is 11.8 Å². The van der Waals surface area contributed by atoms with Crippen LogP contribution in [0.2, 0.25) is 0 Å². The third kappa shape index (κ3) is 4.49. The summed E-state index contributed by atoms with van der Waals surface area (Å²) in [5, 5.41) is 10.1. The van der Waals surface area contributed by atoms with E-state index in [1.54, 1.807) is 11.8 Å². The molecule has 1 rings (SSSR count). The van der Waals surface area contributed by atoms with Crippen molar-refractivity contribution in [2.45, 2.75) is 31.6 Å². The molecule has 0 saturated carbocycles. The van der Waals surface area contributed by atoms with Crippen LogP contribution in [0.1, 0.15) is 19.4 Å². The van der Waals surface area contributed by atoms with Crippen molar-refractivity contribution in [2.24, 2.45) is 0 Å². The summed E-state index contributed by atoms with van der Waals surface area (Å²) in [7, 11) is 0. The Balaban J connectivity index is 2.52. The molecule has 4 heteroatoms. The average Bonchev–Trinajstić information content (AvgIpc) is 2.19. The summed E-state index contributed by atoms with van der Waals surface area (Å²) < 4.78 is 25.9. The topological polar surface area (TPSA) is 20.2 Å². The molecule has 0 radical (unpaired) electrons. The fourth-order valence-corrected chi connectivity index (χ4v) is 2.03. The van der Waals surface area contributed by atoms with Crippen molar-refractivity contribution in [1.82, 2.24) is 0 Å². The Morgan fingerprint density at radius 2 is 2.00 bits per heavy atom. The summed E-state index contributed by atoms with van der Waals surface area (Å²) in [6.45, 7) is 4.08. The SMILES string of the molecule is CC(C)SCC(O)Cc1ccc(F)cc1F. The highest BCUT2D eigenvalue weighted by Crippen LogP contribution is 2.16. The second kappa shape index (κ2) is 6.21. The van der Waals surface area contributed by atoms with Gasteiger partial charge in [-0.25, -0.2) is 8.78 Å². The molecule has 0 saturated heterocycles. The molecule has 0 fully saturated rings. The van der Waals surface area contributed by atoms with Crippen LogP contribution in [0.4, 0.5) is 8.78 Å². The summed E-state index contributed by atoms with van der Waals surface area (Å²) in [6, 6.07) is 3.44. The standard InChI is InChI=1S/C12H16F2OS/c1-8(2)16-7-11(15)5-9-3-4-10(13)6-12(9)14/h3-4,6,8,11,15H,5,7H2,1-2H3. The number of rotatable bonds is 5. The highest BCUT2D eigenvalue weighted by Gasteiger charge is 2.11. The molecule has 1 aromatic carbocycles. The first-order valence-electron chi connectivity index (χ1n) is 5.22. The highest BCUT2D eigenvalue weighted by atomic mass is 32.2. The van der Waals surface area contributed by atoms with Crippen molar-refractivity contribution in [3.8, 4) is 0 Å². The number of halogens is 2. The quantitative estimate of drug-likeness (QED) is 0.861. The number of aliphatic hydroxyl groups is 1. The number of hydrogen-bond acceptors (Lipinski definition) is 2. The Kier molecular flexibility index (Phi) is 5.22. The number of hydrogen-bond donors (Lipinski definition) is 1. The zero-order chi connectivity index (χ0) is 12.1. The predicted octanol–water partition coefficient (Wildman–Crippen LogP) is 3.01. The van der Waals surface area contributed by atoms with Crippen molar-refractivity contribution in [3.05, 3.63) is 35.4 Å².